The first-order chi connectivity index (χ1) is 6.66. The number of hydrogen-bond acceptors (Lipinski definition) is 2. The summed E-state index contributed by atoms with van der Waals surface area (Å²) in [6.45, 7) is 5.20. The fourth-order valence-electron chi connectivity index (χ4n) is 1.77. The first-order valence-electron chi connectivity index (χ1n) is 5.12. The molecule has 0 radical (unpaired) electrons. The van der Waals surface area contributed by atoms with Crippen LogP contribution in [0, 0.1) is 12.8 Å². The smallest absolute Gasteiger partial charge is 0.0358 e. The lowest BCUT2D eigenvalue weighted by Gasteiger charge is -2.13. The van der Waals surface area contributed by atoms with Gasteiger partial charge in [0.15, 0.2) is 0 Å². The molecule has 2 rings (SSSR count). The highest BCUT2D eigenvalue weighted by atomic mass is 32.2. The van der Waals surface area contributed by atoms with E-state index in [2.05, 4.69) is 38.1 Å². The largest absolute Gasteiger partial charge is 0.329 e. The number of thioether (sulfide) groups is 1. The molecule has 76 valence electrons. The molecular weight excluding hydrogens is 190 g/mol. The Morgan fingerprint density at radius 3 is 2.43 bits per heavy atom. The average molecular weight is 207 g/mol. The van der Waals surface area contributed by atoms with Gasteiger partial charge in [0.1, 0.15) is 0 Å². The molecule has 1 fully saturated rings. The maximum atomic E-state index is 5.82. The van der Waals surface area contributed by atoms with E-state index in [0.717, 1.165) is 12.5 Å². The maximum Gasteiger partial charge on any atom is 0.0358 e. The van der Waals surface area contributed by atoms with Gasteiger partial charge in [-0.3, -0.25) is 0 Å². The standard InChI is InChI=1S/C12H17NS/c1-9-3-5-11(6-4-9)14-12(8-13)7-10(12)2/h3-6,10H,7-8,13H2,1-2H3. The molecule has 1 nitrogen and oxygen atoms in total. The molecule has 1 aromatic rings. The van der Waals surface area contributed by atoms with Gasteiger partial charge in [0, 0.05) is 16.2 Å². The fourth-order valence-corrected chi connectivity index (χ4v) is 3.13. The zero-order valence-electron chi connectivity index (χ0n) is 8.79. The summed E-state index contributed by atoms with van der Waals surface area (Å²) in [5.74, 6) is 0.777. The van der Waals surface area contributed by atoms with Crippen molar-refractivity contribution in [2.24, 2.45) is 11.7 Å². The molecule has 0 spiro atoms. The molecule has 0 aromatic heterocycles. The molecule has 2 unspecified atom stereocenters. The molecule has 2 heteroatoms. The Balaban J connectivity index is 2.08. The first-order valence-corrected chi connectivity index (χ1v) is 5.94. The highest BCUT2D eigenvalue weighted by molar-refractivity contribution is 8.01. The topological polar surface area (TPSA) is 26.0 Å². The van der Waals surface area contributed by atoms with Crippen molar-refractivity contribution in [2.45, 2.75) is 29.9 Å². The Bertz CT molecular complexity index is 316. The molecule has 0 aliphatic heterocycles. The van der Waals surface area contributed by atoms with Crippen LogP contribution in [0.2, 0.25) is 0 Å². The zero-order chi connectivity index (χ0) is 10.2. The highest BCUT2D eigenvalue weighted by Gasteiger charge is 2.50. The first kappa shape index (κ1) is 10.1. The van der Waals surface area contributed by atoms with Gasteiger partial charge in [-0.1, -0.05) is 24.6 Å². The van der Waals surface area contributed by atoms with E-state index in [9.17, 15) is 0 Å². The molecule has 1 aliphatic rings. The molecule has 0 heterocycles. The zero-order valence-corrected chi connectivity index (χ0v) is 9.60. The van der Waals surface area contributed by atoms with E-state index in [0.29, 0.717) is 4.75 Å². The minimum Gasteiger partial charge on any atom is -0.329 e. The predicted molar refractivity (Wildman–Crippen MR) is 62.6 cm³/mol. The van der Waals surface area contributed by atoms with Crippen LogP contribution >= 0.6 is 11.8 Å². The Morgan fingerprint density at radius 2 is 2.00 bits per heavy atom. The van der Waals surface area contributed by atoms with Gasteiger partial charge in [-0.2, -0.15) is 0 Å². The van der Waals surface area contributed by atoms with Gasteiger partial charge >= 0.3 is 0 Å². The van der Waals surface area contributed by atoms with Crippen LogP contribution in [-0.4, -0.2) is 11.3 Å². The summed E-state index contributed by atoms with van der Waals surface area (Å²) in [5, 5.41) is 0. The van der Waals surface area contributed by atoms with Crippen LogP contribution in [-0.2, 0) is 0 Å². The Morgan fingerprint density at radius 1 is 1.43 bits per heavy atom. The van der Waals surface area contributed by atoms with Gasteiger partial charge in [0.2, 0.25) is 0 Å². The van der Waals surface area contributed by atoms with Crippen LogP contribution in [0.25, 0.3) is 0 Å². The van der Waals surface area contributed by atoms with Crippen molar-refractivity contribution in [3.63, 3.8) is 0 Å². The molecule has 2 N–H and O–H groups in total. The van der Waals surface area contributed by atoms with Gasteiger partial charge in [0.25, 0.3) is 0 Å². The average Bonchev–Trinajstić information content (AvgIpc) is 2.82. The lowest BCUT2D eigenvalue weighted by atomic mass is 10.2. The molecule has 0 amide bonds. The Labute approximate surface area is 90.1 Å². The summed E-state index contributed by atoms with van der Waals surface area (Å²) < 4.78 is 0.343. The molecular formula is C12H17NS. The van der Waals surface area contributed by atoms with Gasteiger partial charge in [-0.15, -0.1) is 11.8 Å². The van der Waals surface area contributed by atoms with Crippen molar-refractivity contribution in [1.29, 1.82) is 0 Å². The van der Waals surface area contributed by atoms with Crippen LogP contribution in [0.5, 0.6) is 0 Å². The van der Waals surface area contributed by atoms with Gasteiger partial charge < -0.3 is 5.73 Å². The third-order valence-corrected chi connectivity index (χ3v) is 4.73. The summed E-state index contributed by atoms with van der Waals surface area (Å²) >= 11 is 1.95. The van der Waals surface area contributed by atoms with Crippen molar-refractivity contribution < 1.29 is 0 Å². The van der Waals surface area contributed by atoms with Crippen LogP contribution in [0.1, 0.15) is 18.9 Å². The van der Waals surface area contributed by atoms with E-state index < -0.39 is 0 Å². The van der Waals surface area contributed by atoms with E-state index in [1.807, 2.05) is 11.8 Å². The van der Waals surface area contributed by atoms with Crippen molar-refractivity contribution in [3.8, 4) is 0 Å². The van der Waals surface area contributed by atoms with Crippen LogP contribution in [0.3, 0.4) is 0 Å². The van der Waals surface area contributed by atoms with E-state index in [1.165, 1.54) is 16.9 Å². The molecule has 1 saturated carbocycles. The van der Waals surface area contributed by atoms with E-state index >= 15 is 0 Å². The molecule has 14 heavy (non-hydrogen) atoms. The second-order valence-electron chi connectivity index (χ2n) is 4.29. The van der Waals surface area contributed by atoms with Crippen LogP contribution < -0.4 is 5.73 Å². The summed E-state index contributed by atoms with van der Waals surface area (Å²) in [6.07, 6.45) is 1.27. The summed E-state index contributed by atoms with van der Waals surface area (Å²) in [6, 6.07) is 8.73. The molecule has 0 saturated heterocycles. The monoisotopic (exact) mass is 207 g/mol. The minimum absolute atomic E-state index is 0.343. The third-order valence-electron chi connectivity index (χ3n) is 3.08. The van der Waals surface area contributed by atoms with Crippen molar-refractivity contribution in [2.75, 3.05) is 6.54 Å². The summed E-state index contributed by atoms with van der Waals surface area (Å²) in [4.78, 5) is 1.35. The molecule has 1 aliphatic carbocycles. The fraction of sp³-hybridized carbons (Fsp3) is 0.500. The van der Waals surface area contributed by atoms with E-state index in [4.69, 9.17) is 5.73 Å². The Kier molecular flexibility index (Phi) is 2.58. The Hall–Kier alpha value is -0.470. The van der Waals surface area contributed by atoms with Crippen molar-refractivity contribution in [1.82, 2.24) is 0 Å². The van der Waals surface area contributed by atoms with Crippen molar-refractivity contribution in [3.05, 3.63) is 29.8 Å². The van der Waals surface area contributed by atoms with E-state index in [-0.39, 0.29) is 0 Å². The number of rotatable bonds is 3. The number of aryl methyl sites for hydroxylation is 1. The number of benzene rings is 1. The van der Waals surface area contributed by atoms with Gasteiger partial charge in [0.05, 0.1) is 0 Å². The minimum atomic E-state index is 0.343. The number of hydrogen-bond donors (Lipinski definition) is 1. The quantitative estimate of drug-likeness (QED) is 0.825. The van der Waals surface area contributed by atoms with Crippen LogP contribution in [0.15, 0.2) is 29.2 Å². The third kappa shape index (κ3) is 1.82. The predicted octanol–water partition coefficient (Wildman–Crippen LogP) is 2.82. The molecule has 1 aromatic carbocycles. The lowest BCUT2D eigenvalue weighted by molar-refractivity contribution is 0.807. The van der Waals surface area contributed by atoms with Gasteiger partial charge in [-0.05, 0) is 31.4 Å². The normalized spacial score (nSPS) is 30.4. The maximum absolute atomic E-state index is 5.82. The SMILES string of the molecule is Cc1ccc(SC2(CN)CC2C)cc1. The van der Waals surface area contributed by atoms with Crippen LogP contribution in [0.4, 0.5) is 0 Å². The van der Waals surface area contributed by atoms with E-state index in [1.54, 1.807) is 0 Å². The van der Waals surface area contributed by atoms with Crippen molar-refractivity contribution >= 4 is 11.8 Å². The second-order valence-corrected chi connectivity index (χ2v) is 5.78. The molecule has 2 atom stereocenters. The summed E-state index contributed by atoms with van der Waals surface area (Å²) in [5.41, 5.74) is 7.14. The van der Waals surface area contributed by atoms with Gasteiger partial charge in [-0.25, -0.2) is 0 Å². The molecule has 0 bridgehead atoms. The summed E-state index contributed by atoms with van der Waals surface area (Å²) in [7, 11) is 0. The highest BCUT2D eigenvalue weighted by Crippen LogP contribution is 2.55. The second kappa shape index (κ2) is 3.59. The number of nitrogens with two attached hydrogens (primary N) is 1. The lowest BCUT2D eigenvalue weighted by Crippen LogP contribution is -2.19.